The van der Waals surface area contributed by atoms with Crippen molar-refractivity contribution >= 4 is 11.9 Å². The lowest BCUT2D eigenvalue weighted by Gasteiger charge is -2.26. The zero-order valence-electron chi connectivity index (χ0n) is 11.8. The maximum absolute atomic E-state index is 12.5. The Morgan fingerprint density at radius 1 is 1.38 bits per heavy atom. The minimum atomic E-state index is -1.01. The molecule has 1 fully saturated rings. The molecule has 114 valence electrons. The Balaban J connectivity index is 2.25. The lowest BCUT2D eigenvalue weighted by atomic mass is 10.0. The number of carbonyl (C=O) groups is 2. The first-order valence-electron chi connectivity index (χ1n) is 6.40. The number of aromatic hydroxyl groups is 1. The number of phenolic OH excluding ortho intramolecular Hbond substituents is 1. The van der Waals surface area contributed by atoms with Crippen molar-refractivity contribution in [3.8, 4) is 11.5 Å². The van der Waals surface area contributed by atoms with Crippen molar-refractivity contribution < 1.29 is 29.3 Å². The topological polar surface area (TPSA) is 96.3 Å². The van der Waals surface area contributed by atoms with E-state index in [4.69, 9.17) is 14.6 Å². The van der Waals surface area contributed by atoms with E-state index >= 15 is 0 Å². The number of carboxylic acids is 1. The van der Waals surface area contributed by atoms with Gasteiger partial charge in [-0.05, 0) is 18.2 Å². The molecule has 0 radical (unpaired) electrons. The Morgan fingerprint density at radius 3 is 2.71 bits per heavy atom. The second-order valence-electron chi connectivity index (χ2n) is 4.85. The molecular weight excluding hydrogens is 278 g/mol. The van der Waals surface area contributed by atoms with Crippen LogP contribution in [0.3, 0.4) is 0 Å². The predicted molar refractivity (Wildman–Crippen MR) is 72.5 cm³/mol. The fourth-order valence-electron chi connectivity index (χ4n) is 2.31. The molecule has 0 spiro atoms. The van der Waals surface area contributed by atoms with Crippen molar-refractivity contribution in [2.24, 2.45) is 5.92 Å². The molecule has 1 aromatic carbocycles. The minimum Gasteiger partial charge on any atom is -0.507 e. The standard InChI is InChI=1S/C14H17NO6/c1-15(11-7-21-6-10(11)14(18)19)13(17)9-5-8(20-2)3-4-12(9)16/h3-5,10-11,16H,6-7H2,1-2H3,(H,18,19). The number of ether oxygens (including phenoxy) is 2. The van der Waals surface area contributed by atoms with E-state index in [1.165, 1.54) is 37.3 Å². The van der Waals surface area contributed by atoms with Gasteiger partial charge < -0.3 is 24.6 Å². The molecule has 2 rings (SSSR count). The van der Waals surface area contributed by atoms with Crippen molar-refractivity contribution in [1.82, 2.24) is 4.90 Å². The summed E-state index contributed by atoms with van der Waals surface area (Å²) >= 11 is 0. The fourth-order valence-corrected chi connectivity index (χ4v) is 2.31. The van der Waals surface area contributed by atoms with Crippen LogP contribution in [0.15, 0.2) is 18.2 Å². The first-order chi connectivity index (χ1) is 9.95. The van der Waals surface area contributed by atoms with Gasteiger partial charge >= 0.3 is 5.97 Å². The third-order valence-corrected chi connectivity index (χ3v) is 3.62. The minimum absolute atomic E-state index is 0.0629. The van der Waals surface area contributed by atoms with Crippen LogP contribution in [0.5, 0.6) is 11.5 Å². The van der Waals surface area contributed by atoms with E-state index in [-0.39, 0.29) is 24.5 Å². The molecule has 1 amide bonds. The largest absolute Gasteiger partial charge is 0.507 e. The summed E-state index contributed by atoms with van der Waals surface area (Å²) in [4.78, 5) is 24.9. The number of nitrogens with zero attached hydrogens (tertiary/aromatic N) is 1. The van der Waals surface area contributed by atoms with Gasteiger partial charge in [-0.1, -0.05) is 0 Å². The molecule has 1 aromatic rings. The summed E-state index contributed by atoms with van der Waals surface area (Å²) in [7, 11) is 2.95. The van der Waals surface area contributed by atoms with Gasteiger partial charge in [0.1, 0.15) is 17.4 Å². The molecule has 2 unspecified atom stereocenters. The number of phenols is 1. The van der Waals surface area contributed by atoms with E-state index in [1.54, 1.807) is 0 Å². The van der Waals surface area contributed by atoms with E-state index in [1.807, 2.05) is 0 Å². The van der Waals surface area contributed by atoms with Crippen molar-refractivity contribution in [3.05, 3.63) is 23.8 Å². The van der Waals surface area contributed by atoms with Crippen LogP contribution in [-0.4, -0.2) is 60.4 Å². The number of rotatable bonds is 4. The number of amides is 1. The summed E-state index contributed by atoms with van der Waals surface area (Å²) in [5, 5.41) is 19.0. The quantitative estimate of drug-likeness (QED) is 0.843. The van der Waals surface area contributed by atoms with E-state index in [9.17, 15) is 14.7 Å². The van der Waals surface area contributed by atoms with E-state index in [2.05, 4.69) is 0 Å². The lowest BCUT2D eigenvalue weighted by molar-refractivity contribution is -0.142. The maximum Gasteiger partial charge on any atom is 0.311 e. The Morgan fingerprint density at radius 2 is 2.10 bits per heavy atom. The smallest absolute Gasteiger partial charge is 0.311 e. The molecule has 7 heteroatoms. The molecule has 1 heterocycles. The molecule has 0 aromatic heterocycles. The third-order valence-electron chi connectivity index (χ3n) is 3.62. The second-order valence-corrected chi connectivity index (χ2v) is 4.85. The number of methoxy groups -OCH3 is 1. The average Bonchev–Trinajstić information content (AvgIpc) is 2.96. The highest BCUT2D eigenvalue weighted by Gasteiger charge is 2.39. The average molecular weight is 295 g/mol. The summed E-state index contributed by atoms with van der Waals surface area (Å²) in [5.41, 5.74) is 0.0629. The first kappa shape index (κ1) is 15.1. The fraction of sp³-hybridized carbons (Fsp3) is 0.429. The number of aliphatic carboxylic acids is 1. The van der Waals surface area contributed by atoms with E-state index in [0.717, 1.165) is 0 Å². The van der Waals surface area contributed by atoms with Gasteiger partial charge in [0, 0.05) is 7.05 Å². The predicted octanol–water partition coefficient (Wildman–Crippen LogP) is 0.572. The number of hydrogen-bond acceptors (Lipinski definition) is 5. The van der Waals surface area contributed by atoms with E-state index in [0.29, 0.717) is 5.75 Å². The number of hydrogen-bond donors (Lipinski definition) is 2. The van der Waals surface area contributed by atoms with Crippen LogP contribution in [0.4, 0.5) is 0 Å². The molecular formula is C14H17NO6. The van der Waals surface area contributed by atoms with Gasteiger partial charge in [-0.25, -0.2) is 0 Å². The second kappa shape index (κ2) is 6.01. The lowest BCUT2D eigenvalue weighted by Crippen LogP contribution is -2.44. The molecule has 2 atom stereocenters. The van der Waals surface area contributed by atoms with Crippen molar-refractivity contribution in [2.45, 2.75) is 6.04 Å². The van der Waals surface area contributed by atoms with Crippen LogP contribution in [0.1, 0.15) is 10.4 Å². The van der Waals surface area contributed by atoms with Gasteiger partial charge in [0.25, 0.3) is 5.91 Å². The molecule has 7 nitrogen and oxygen atoms in total. The highest BCUT2D eigenvalue weighted by molar-refractivity contribution is 5.97. The van der Waals surface area contributed by atoms with Gasteiger partial charge in [-0.15, -0.1) is 0 Å². The van der Waals surface area contributed by atoms with Gasteiger partial charge in [-0.2, -0.15) is 0 Å². The molecule has 1 aliphatic heterocycles. The molecule has 0 bridgehead atoms. The highest BCUT2D eigenvalue weighted by Crippen LogP contribution is 2.27. The number of carboxylic acid groups (broad SMARTS) is 1. The van der Waals surface area contributed by atoms with Gasteiger partial charge in [0.05, 0.1) is 31.9 Å². The normalized spacial score (nSPS) is 21.0. The van der Waals surface area contributed by atoms with Crippen LogP contribution < -0.4 is 4.74 Å². The Hall–Kier alpha value is -2.28. The first-order valence-corrected chi connectivity index (χ1v) is 6.40. The zero-order valence-corrected chi connectivity index (χ0v) is 11.8. The number of benzene rings is 1. The molecule has 0 saturated carbocycles. The Labute approximate surface area is 121 Å². The maximum atomic E-state index is 12.5. The molecule has 0 aliphatic carbocycles. The van der Waals surface area contributed by atoms with Gasteiger partial charge in [0.2, 0.25) is 0 Å². The zero-order chi connectivity index (χ0) is 15.6. The molecule has 1 aliphatic rings. The van der Waals surface area contributed by atoms with E-state index < -0.39 is 23.8 Å². The van der Waals surface area contributed by atoms with Crippen molar-refractivity contribution in [2.75, 3.05) is 27.4 Å². The van der Waals surface area contributed by atoms with Crippen molar-refractivity contribution in [1.29, 1.82) is 0 Å². The third kappa shape index (κ3) is 2.92. The molecule has 1 saturated heterocycles. The summed E-state index contributed by atoms with van der Waals surface area (Å²) in [6, 6.07) is 3.74. The van der Waals surface area contributed by atoms with Crippen LogP contribution in [-0.2, 0) is 9.53 Å². The Bertz CT molecular complexity index is 558. The summed E-state index contributed by atoms with van der Waals surface area (Å²) < 4.78 is 10.2. The highest BCUT2D eigenvalue weighted by atomic mass is 16.5. The van der Waals surface area contributed by atoms with Crippen LogP contribution >= 0.6 is 0 Å². The van der Waals surface area contributed by atoms with Crippen LogP contribution in [0, 0.1) is 5.92 Å². The number of carbonyl (C=O) groups excluding carboxylic acids is 1. The van der Waals surface area contributed by atoms with Gasteiger partial charge in [0.15, 0.2) is 0 Å². The number of likely N-dealkylation sites (N-methyl/N-ethyl adjacent to an activating group) is 1. The monoisotopic (exact) mass is 295 g/mol. The van der Waals surface area contributed by atoms with Crippen molar-refractivity contribution in [3.63, 3.8) is 0 Å². The van der Waals surface area contributed by atoms with Crippen LogP contribution in [0.2, 0.25) is 0 Å². The summed E-state index contributed by atoms with van der Waals surface area (Å²) in [6.45, 7) is 0.228. The molecule has 2 N–H and O–H groups in total. The van der Waals surface area contributed by atoms with Crippen LogP contribution in [0.25, 0.3) is 0 Å². The Kier molecular flexibility index (Phi) is 4.32. The molecule has 21 heavy (non-hydrogen) atoms. The summed E-state index contributed by atoms with van der Waals surface area (Å²) in [6.07, 6.45) is 0. The summed E-state index contributed by atoms with van der Waals surface area (Å²) in [5.74, 6) is -2.01. The van der Waals surface area contributed by atoms with Gasteiger partial charge in [-0.3, -0.25) is 9.59 Å². The SMILES string of the molecule is COc1ccc(O)c(C(=O)N(C)C2COCC2C(=O)O)c1.